The van der Waals surface area contributed by atoms with Crippen molar-refractivity contribution in [1.29, 1.82) is 0 Å². The smallest absolute Gasteiger partial charge is 0.251 e. The van der Waals surface area contributed by atoms with Gasteiger partial charge in [0.25, 0.3) is 5.91 Å². The van der Waals surface area contributed by atoms with E-state index < -0.39 is 0 Å². The van der Waals surface area contributed by atoms with E-state index in [1.54, 1.807) is 0 Å². The van der Waals surface area contributed by atoms with Crippen LogP contribution in [0.2, 0.25) is 0 Å². The predicted molar refractivity (Wildman–Crippen MR) is 84.8 cm³/mol. The fourth-order valence-electron chi connectivity index (χ4n) is 2.08. The summed E-state index contributed by atoms with van der Waals surface area (Å²) < 4.78 is 5.61. The van der Waals surface area contributed by atoms with Gasteiger partial charge in [0.15, 0.2) is 0 Å². The molecule has 110 valence electrons. The summed E-state index contributed by atoms with van der Waals surface area (Å²) in [4.78, 5) is 12.0. The summed E-state index contributed by atoms with van der Waals surface area (Å²) in [5.74, 6) is 0.773. The number of nitrogens with one attached hydrogen (secondary N) is 1. The number of rotatable bonds is 6. The molecule has 0 spiro atoms. The van der Waals surface area contributed by atoms with Gasteiger partial charge in [-0.25, -0.2) is 0 Å². The third kappa shape index (κ3) is 4.35. The van der Waals surface area contributed by atoms with Gasteiger partial charge in [0.2, 0.25) is 0 Å². The summed E-state index contributed by atoms with van der Waals surface area (Å²) in [6, 6.07) is 15.6. The van der Waals surface area contributed by atoms with Crippen molar-refractivity contribution in [1.82, 2.24) is 5.32 Å². The van der Waals surface area contributed by atoms with Crippen LogP contribution in [0, 0.1) is 6.92 Å². The van der Waals surface area contributed by atoms with Crippen LogP contribution >= 0.6 is 0 Å². The minimum Gasteiger partial charge on any atom is -0.492 e. The number of carbonyl (C=O) groups is 1. The number of carbonyl (C=O) groups excluding carboxylic acids is 1. The molecular formula is C18H21NO2. The normalized spacial score (nSPS) is 10.2. The highest BCUT2D eigenvalue weighted by atomic mass is 16.5. The van der Waals surface area contributed by atoms with E-state index in [1.807, 2.05) is 43.3 Å². The fourth-order valence-corrected chi connectivity index (χ4v) is 2.08. The SMILES string of the molecule is CCc1ccc(OCCNC(=O)c2ccccc2C)cc1. The highest BCUT2D eigenvalue weighted by molar-refractivity contribution is 5.95. The number of amides is 1. The first-order valence-corrected chi connectivity index (χ1v) is 7.26. The van der Waals surface area contributed by atoms with Gasteiger partial charge < -0.3 is 10.1 Å². The Kier molecular flexibility index (Phi) is 5.38. The number of ether oxygens (including phenoxy) is 1. The minimum absolute atomic E-state index is 0.0574. The summed E-state index contributed by atoms with van der Waals surface area (Å²) >= 11 is 0. The zero-order valence-electron chi connectivity index (χ0n) is 12.6. The average molecular weight is 283 g/mol. The molecule has 0 aliphatic rings. The van der Waals surface area contributed by atoms with Crippen molar-refractivity contribution in [2.75, 3.05) is 13.2 Å². The van der Waals surface area contributed by atoms with Crippen molar-refractivity contribution in [3.05, 3.63) is 65.2 Å². The lowest BCUT2D eigenvalue weighted by Crippen LogP contribution is -2.28. The summed E-state index contributed by atoms with van der Waals surface area (Å²) in [6.45, 7) is 5.00. The molecule has 2 aromatic carbocycles. The summed E-state index contributed by atoms with van der Waals surface area (Å²) in [6.07, 6.45) is 1.02. The average Bonchev–Trinajstić information content (AvgIpc) is 2.52. The van der Waals surface area contributed by atoms with E-state index in [0.29, 0.717) is 18.7 Å². The maximum absolute atomic E-state index is 12.0. The monoisotopic (exact) mass is 283 g/mol. The molecule has 3 heteroatoms. The van der Waals surface area contributed by atoms with Crippen LogP contribution in [-0.2, 0) is 6.42 Å². The highest BCUT2D eigenvalue weighted by Gasteiger charge is 2.06. The van der Waals surface area contributed by atoms with Crippen LogP contribution in [0.5, 0.6) is 5.75 Å². The van der Waals surface area contributed by atoms with E-state index in [1.165, 1.54) is 5.56 Å². The van der Waals surface area contributed by atoms with E-state index in [-0.39, 0.29) is 5.91 Å². The van der Waals surface area contributed by atoms with Crippen molar-refractivity contribution in [3.63, 3.8) is 0 Å². The molecule has 0 unspecified atom stereocenters. The zero-order chi connectivity index (χ0) is 15.1. The maximum atomic E-state index is 12.0. The van der Waals surface area contributed by atoms with Gasteiger partial charge in [-0.2, -0.15) is 0 Å². The molecule has 2 rings (SSSR count). The Hall–Kier alpha value is -2.29. The molecule has 0 bridgehead atoms. The molecule has 21 heavy (non-hydrogen) atoms. The zero-order valence-corrected chi connectivity index (χ0v) is 12.6. The lowest BCUT2D eigenvalue weighted by Gasteiger charge is -2.09. The standard InChI is InChI=1S/C18H21NO2/c1-3-15-8-10-16(11-9-15)21-13-12-19-18(20)17-7-5-4-6-14(17)2/h4-11H,3,12-13H2,1-2H3,(H,19,20). The van der Waals surface area contributed by atoms with E-state index in [9.17, 15) is 4.79 Å². The molecule has 1 N–H and O–H groups in total. The van der Waals surface area contributed by atoms with E-state index >= 15 is 0 Å². The largest absolute Gasteiger partial charge is 0.492 e. The van der Waals surface area contributed by atoms with E-state index in [4.69, 9.17) is 4.74 Å². The summed E-state index contributed by atoms with van der Waals surface area (Å²) in [7, 11) is 0. The van der Waals surface area contributed by atoms with Crippen LogP contribution in [0.25, 0.3) is 0 Å². The van der Waals surface area contributed by atoms with Crippen LogP contribution in [0.4, 0.5) is 0 Å². The van der Waals surface area contributed by atoms with Crippen LogP contribution in [-0.4, -0.2) is 19.1 Å². The molecule has 1 amide bonds. The van der Waals surface area contributed by atoms with Crippen LogP contribution < -0.4 is 10.1 Å². The van der Waals surface area contributed by atoms with Gasteiger partial charge in [-0.3, -0.25) is 4.79 Å². The van der Waals surface area contributed by atoms with E-state index in [0.717, 1.165) is 17.7 Å². The quantitative estimate of drug-likeness (QED) is 0.825. The van der Waals surface area contributed by atoms with Crippen molar-refractivity contribution < 1.29 is 9.53 Å². The maximum Gasteiger partial charge on any atom is 0.251 e. The van der Waals surface area contributed by atoms with Crippen molar-refractivity contribution >= 4 is 5.91 Å². The molecule has 0 heterocycles. The van der Waals surface area contributed by atoms with Crippen LogP contribution in [0.3, 0.4) is 0 Å². The third-order valence-electron chi connectivity index (χ3n) is 3.38. The van der Waals surface area contributed by atoms with Gasteiger partial charge in [0, 0.05) is 5.56 Å². The number of benzene rings is 2. The molecule has 0 aliphatic carbocycles. The molecule has 0 fully saturated rings. The fraction of sp³-hybridized carbons (Fsp3) is 0.278. The Bertz CT molecular complexity index is 590. The van der Waals surface area contributed by atoms with Crippen molar-refractivity contribution in [3.8, 4) is 5.75 Å². The van der Waals surface area contributed by atoms with Gasteiger partial charge >= 0.3 is 0 Å². The predicted octanol–water partition coefficient (Wildman–Crippen LogP) is 3.37. The first-order chi connectivity index (χ1) is 10.2. The lowest BCUT2D eigenvalue weighted by molar-refractivity contribution is 0.0946. The van der Waals surface area contributed by atoms with Gasteiger partial charge in [0.05, 0.1) is 6.54 Å². The molecule has 0 saturated heterocycles. The molecular weight excluding hydrogens is 262 g/mol. The van der Waals surface area contributed by atoms with Gasteiger partial charge in [0.1, 0.15) is 12.4 Å². The summed E-state index contributed by atoms with van der Waals surface area (Å²) in [5.41, 5.74) is 2.98. The Morgan fingerprint density at radius 2 is 1.81 bits per heavy atom. The topological polar surface area (TPSA) is 38.3 Å². The second-order valence-electron chi connectivity index (χ2n) is 4.92. The molecule has 0 radical (unpaired) electrons. The first kappa shape index (κ1) is 15.1. The minimum atomic E-state index is -0.0574. The Labute approximate surface area is 126 Å². The van der Waals surface area contributed by atoms with E-state index in [2.05, 4.69) is 24.4 Å². The van der Waals surface area contributed by atoms with Crippen molar-refractivity contribution in [2.24, 2.45) is 0 Å². The number of hydrogen-bond donors (Lipinski definition) is 1. The molecule has 2 aromatic rings. The molecule has 0 aliphatic heterocycles. The summed E-state index contributed by atoms with van der Waals surface area (Å²) in [5, 5.41) is 2.87. The van der Waals surface area contributed by atoms with Gasteiger partial charge in [-0.1, -0.05) is 37.3 Å². The Morgan fingerprint density at radius 1 is 1.10 bits per heavy atom. The molecule has 0 aromatic heterocycles. The van der Waals surface area contributed by atoms with Gasteiger partial charge in [-0.05, 0) is 42.7 Å². The third-order valence-corrected chi connectivity index (χ3v) is 3.38. The second-order valence-corrected chi connectivity index (χ2v) is 4.92. The van der Waals surface area contributed by atoms with Crippen LogP contribution in [0.1, 0.15) is 28.4 Å². The molecule has 3 nitrogen and oxygen atoms in total. The Balaban J connectivity index is 1.76. The Morgan fingerprint density at radius 3 is 2.48 bits per heavy atom. The highest BCUT2D eigenvalue weighted by Crippen LogP contribution is 2.12. The van der Waals surface area contributed by atoms with Crippen LogP contribution in [0.15, 0.2) is 48.5 Å². The lowest BCUT2D eigenvalue weighted by atomic mass is 10.1. The van der Waals surface area contributed by atoms with Crippen molar-refractivity contribution in [2.45, 2.75) is 20.3 Å². The molecule has 0 saturated carbocycles. The second kappa shape index (κ2) is 7.48. The van der Waals surface area contributed by atoms with Gasteiger partial charge in [-0.15, -0.1) is 0 Å². The first-order valence-electron chi connectivity index (χ1n) is 7.26. The number of hydrogen-bond acceptors (Lipinski definition) is 2. The molecule has 0 atom stereocenters. The number of aryl methyl sites for hydroxylation is 2.